The number of amides is 10. The van der Waals surface area contributed by atoms with E-state index >= 15 is 0 Å². The molecule has 10 amide bonds. The Hall–Kier alpha value is -6.73. The van der Waals surface area contributed by atoms with Crippen LogP contribution in [0.2, 0.25) is 0 Å². The van der Waals surface area contributed by atoms with Gasteiger partial charge in [-0.3, -0.25) is 47.9 Å². The maximum absolute atomic E-state index is 13.8. The van der Waals surface area contributed by atoms with E-state index in [0.29, 0.717) is 24.8 Å². The summed E-state index contributed by atoms with van der Waals surface area (Å²) in [7, 11) is 0. The van der Waals surface area contributed by atoms with Crippen LogP contribution in [0.5, 0.6) is 0 Å². The maximum Gasteiger partial charge on any atom is 0.326 e. The van der Waals surface area contributed by atoms with Crippen molar-refractivity contribution in [1.82, 2.24) is 47.9 Å². The lowest BCUT2D eigenvalue weighted by molar-refractivity contribution is -0.142. The van der Waals surface area contributed by atoms with E-state index in [9.17, 15) is 63.0 Å². The molecule has 0 aliphatic heterocycles. The highest BCUT2D eigenvalue weighted by atomic mass is 16.4. The lowest BCUT2D eigenvalue weighted by Crippen LogP contribution is -2.60. The molecule has 0 spiro atoms. The van der Waals surface area contributed by atoms with Gasteiger partial charge in [0, 0.05) is 12.8 Å². The summed E-state index contributed by atoms with van der Waals surface area (Å²) in [5.41, 5.74) is 17.6. The summed E-state index contributed by atoms with van der Waals surface area (Å²) in [6.45, 7) is 10.3. The summed E-state index contributed by atoms with van der Waals surface area (Å²) in [5, 5.41) is 41.9. The smallest absolute Gasteiger partial charge is 0.326 e. The number of carboxylic acid groups (broad SMARTS) is 1. The first-order chi connectivity index (χ1) is 34.3. The molecule has 0 fully saturated rings. The van der Waals surface area contributed by atoms with Crippen molar-refractivity contribution in [1.29, 1.82) is 0 Å². The van der Waals surface area contributed by atoms with Crippen LogP contribution in [0, 0.1) is 17.8 Å². The first kappa shape index (κ1) is 64.3. The fourth-order valence-corrected chi connectivity index (χ4v) is 7.06. The number of aliphatic hydroxyl groups excluding tert-OH is 1. The van der Waals surface area contributed by atoms with E-state index in [1.807, 2.05) is 6.92 Å². The maximum atomic E-state index is 13.8. The Labute approximate surface area is 426 Å². The van der Waals surface area contributed by atoms with Gasteiger partial charge in [-0.05, 0) is 75.3 Å². The van der Waals surface area contributed by atoms with Gasteiger partial charge in [-0.1, -0.05) is 78.3 Å². The largest absolute Gasteiger partial charge is 0.480 e. The molecule has 9 atom stereocenters. The molecule has 0 aliphatic rings. The first-order valence-corrected chi connectivity index (χ1v) is 24.6. The van der Waals surface area contributed by atoms with Gasteiger partial charge in [0.15, 0.2) is 0 Å². The Morgan fingerprint density at radius 2 is 1.05 bits per heavy atom. The molecular weight excluding hydrogens is 953 g/mol. The summed E-state index contributed by atoms with van der Waals surface area (Å²) in [6, 6.07) is -0.366. The topological polar surface area (TPSA) is 415 Å². The highest BCUT2D eigenvalue weighted by molar-refractivity contribution is 5.97. The predicted molar refractivity (Wildman–Crippen MR) is 268 cm³/mol. The van der Waals surface area contributed by atoms with Gasteiger partial charge in [-0.25, -0.2) is 4.79 Å². The highest BCUT2D eigenvalue weighted by Crippen LogP contribution is 2.11. The number of primary amides is 1. The standard InChI is InChI=1S/C48H80N12O13/c1-8-28(6)40(51)46(70)60-41(29(7)61)47(71)58-31(16-12-13-19-49)44(68)57-32(17-18-36(50)62)42(66)53-23-37(63)52-24-38(64)55-34(22-30-14-10-9-11-15-30)45(69)59-33(20-26(2)3)43(67)54-25-39(65)56-35(48(72)73)21-27(4)5/h9-11,14-15,26-29,31-35,40-41,61H,8,12-13,16-25,49,51H2,1-7H3,(H2,50,62)(H,52,63)(H,53,66)(H,54,67)(H,55,64)(H,56,65)(H,57,68)(H,58,71)(H,59,69)(H,60,70)(H,72,73)/t28-,29+,31-,32-,33-,34-,35-,40-,41-/m0/s1. The van der Waals surface area contributed by atoms with Crippen molar-refractivity contribution in [2.75, 3.05) is 26.2 Å². The van der Waals surface area contributed by atoms with E-state index in [1.165, 1.54) is 6.92 Å². The summed E-state index contributed by atoms with van der Waals surface area (Å²) in [4.78, 5) is 143. The summed E-state index contributed by atoms with van der Waals surface area (Å²) in [6.07, 6.45) is -0.545. The summed E-state index contributed by atoms with van der Waals surface area (Å²) >= 11 is 0. The third-order valence-corrected chi connectivity index (χ3v) is 11.4. The molecule has 0 saturated carbocycles. The van der Waals surface area contributed by atoms with Gasteiger partial charge in [0.2, 0.25) is 59.1 Å². The molecule has 0 saturated heterocycles. The van der Waals surface area contributed by atoms with Crippen molar-refractivity contribution in [3.05, 3.63) is 35.9 Å². The first-order valence-electron chi connectivity index (χ1n) is 24.6. The second-order valence-corrected chi connectivity index (χ2v) is 18.9. The molecule has 73 heavy (non-hydrogen) atoms. The van der Waals surface area contributed by atoms with E-state index in [1.54, 1.807) is 65.0 Å². The van der Waals surface area contributed by atoms with E-state index in [4.69, 9.17) is 17.2 Å². The number of nitrogens with one attached hydrogen (secondary N) is 9. The third-order valence-electron chi connectivity index (χ3n) is 11.4. The normalized spacial score (nSPS) is 14.8. The molecule has 0 aliphatic carbocycles. The number of hydrogen-bond acceptors (Lipinski definition) is 14. The molecule has 0 heterocycles. The van der Waals surface area contributed by atoms with Crippen LogP contribution in [-0.2, 0) is 59.2 Å². The van der Waals surface area contributed by atoms with Crippen molar-refractivity contribution in [2.45, 2.75) is 155 Å². The molecule has 25 nitrogen and oxygen atoms in total. The van der Waals surface area contributed by atoms with Crippen molar-refractivity contribution < 1.29 is 63.0 Å². The second kappa shape index (κ2) is 33.8. The number of carbonyl (C=O) groups is 11. The van der Waals surface area contributed by atoms with Crippen LogP contribution in [0.15, 0.2) is 30.3 Å². The van der Waals surface area contributed by atoms with Crippen LogP contribution >= 0.6 is 0 Å². The minimum absolute atomic E-state index is 0.00867. The Morgan fingerprint density at radius 3 is 1.59 bits per heavy atom. The molecule has 0 unspecified atom stereocenters. The zero-order valence-corrected chi connectivity index (χ0v) is 43.0. The molecule has 0 bridgehead atoms. The van der Waals surface area contributed by atoms with Gasteiger partial charge >= 0.3 is 5.97 Å². The van der Waals surface area contributed by atoms with Crippen LogP contribution in [0.25, 0.3) is 0 Å². The zero-order valence-electron chi connectivity index (χ0n) is 43.0. The fraction of sp³-hybridized carbons (Fsp3) is 0.646. The van der Waals surface area contributed by atoms with E-state index in [2.05, 4.69) is 47.9 Å². The second-order valence-electron chi connectivity index (χ2n) is 18.9. The molecular formula is C48H80N12O13. The van der Waals surface area contributed by atoms with Crippen molar-refractivity contribution in [3.63, 3.8) is 0 Å². The Bertz CT molecular complexity index is 2010. The van der Waals surface area contributed by atoms with Crippen LogP contribution in [0.1, 0.15) is 105 Å². The number of carboxylic acids is 1. The zero-order chi connectivity index (χ0) is 55.4. The van der Waals surface area contributed by atoms with Gasteiger partial charge in [0.05, 0.1) is 31.8 Å². The molecule has 410 valence electrons. The average molecular weight is 1030 g/mol. The number of hydrogen-bond donors (Lipinski definition) is 14. The van der Waals surface area contributed by atoms with E-state index < -0.39 is 133 Å². The predicted octanol–water partition coefficient (Wildman–Crippen LogP) is -3.19. The molecule has 0 radical (unpaired) electrons. The van der Waals surface area contributed by atoms with Crippen molar-refractivity contribution in [3.8, 4) is 0 Å². The monoisotopic (exact) mass is 1030 g/mol. The van der Waals surface area contributed by atoms with Crippen LogP contribution in [0.4, 0.5) is 0 Å². The minimum Gasteiger partial charge on any atom is -0.480 e. The molecule has 0 aromatic heterocycles. The van der Waals surface area contributed by atoms with Crippen molar-refractivity contribution >= 4 is 65.0 Å². The van der Waals surface area contributed by atoms with Crippen LogP contribution in [-0.4, -0.2) is 150 Å². The number of rotatable bonds is 35. The van der Waals surface area contributed by atoms with E-state index in [0.717, 1.165) is 0 Å². The van der Waals surface area contributed by atoms with Gasteiger partial charge < -0.3 is 75.3 Å². The molecule has 1 aromatic carbocycles. The van der Waals surface area contributed by atoms with Gasteiger partial charge in [0.1, 0.15) is 36.3 Å². The number of carbonyl (C=O) groups excluding carboxylic acids is 10. The Balaban J connectivity index is 3.12. The Morgan fingerprint density at radius 1 is 0.562 bits per heavy atom. The van der Waals surface area contributed by atoms with Gasteiger partial charge in [-0.2, -0.15) is 0 Å². The number of unbranched alkanes of at least 4 members (excludes halogenated alkanes) is 1. The van der Waals surface area contributed by atoms with Gasteiger partial charge in [-0.15, -0.1) is 0 Å². The number of benzene rings is 1. The molecule has 25 heteroatoms. The number of aliphatic carboxylic acids is 1. The van der Waals surface area contributed by atoms with E-state index in [-0.39, 0.29) is 62.8 Å². The lowest BCUT2D eigenvalue weighted by Gasteiger charge is -2.27. The molecule has 17 N–H and O–H groups in total. The van der Waals surface area contributed by atoms with Crippen molar-refractivity contribution in [2.24, 2.45) is 35.0 Å². The summed E-state index contributed by atoms with van der Waals surface area (Å²) < 4.78 is 0. The minimum atomic E-state index is -1.51. The van der Waals surface area contributed by atoms with Gasteiger partial charge in [0.25, 0.3) is 0 Å². The highest BCUT2D eigenvalue weighted by Gasteiger charge is 2.34. The quantitative estimate of drug-likeness (QED) is 0.0298. The molecule has 1 rings (SSSR count). The summed E-state index contributed by atoms with van der Waals surface area (Å²) in [5.74, 6) is -9.89. The number of nitrogens with two attached hydrogens (primary N) is 3. The average Bonchev–Trinajstić information content (AvgIpc) is 3.32. The fourth-order valence-electron chi connectivity index (χ4n) is 7.06. The van der Waals surface area contributed by atoms with Crippen LogP contribution in [0.3, 0.4) is 0 Å². The van der Waals surface area contributed by atoms with Crippen LogP contribution < -0.4 is 65.1 Å². The SMILES string of the molecule is CC[C@H](C)[C@H](N)C(=O)N[C@H](C(=O)N[C@@H](CCCCN)C(=O)N[C@@H](CCC(N)=O)C(=O)NCC(=O)NCC(=O)N[C@@H](Cc1ccccc1)C(=O)N[C@@H](CC(C)C)C(=O)NCC(=O)N[C@@H](CC(C)C)C(=O)O)[C@@H](C)O. The number of aliphatic hydroxyl groups is 1. The lowest BCUT2D eigenvalue weighted by atomic mass is 9.98. The molecule has 1 aromatic rings. The Kier molecular flexibility index (Phi) is 29.8. The third kappa shape index (κ3) is 26.0.